The molecule has 0 atom stereocenters. The molecule has 0 aliphatic heterocycles. The van der Waals surface area contributed by atoms with Gasteiger partial charge in [0.25, 0.3) is 0 Å². The predicted octanol–water partition coefficient (Wildman–Crippen LogP) is 1.59. The van der Waals surface area contributed by atoms with Gasteiger partial charge in [-0.05, 0) is 25.4 Å². The largest absolute Gasteiger partial charge is 0.480 e. The maximum Gasteiger partial charge on any atom is 0.245 e. The average molecular weight is 265 g/mol. The van der Waals surface area contributed by atoms with Crippen molar-refractivity contribution >= 4 is 17.5 Å². The normalized spacial score (nSPS) is 10.4. The maximum absolute atomic E-state index is 5.18. The van der Waals surface area contributed by atoms with Crippen molar-refractivity contribution in [3.05, 3.63) is 22.3 Å². The van der Waals surface area contributed by atoms with Gasteiger partial charge in [-0.15, -0.1) is 5.10 Å². The second-order valence-electron chi connectivity index (χ2n) is 3.99. The molecular formula is C11H15N5OS. The highest BCUT2D eigenvalue weighted by atomic mass is 32.1. The van der Waals surface area contributed by atoms with Crippen LogP contribution in [-0.2, 0) is 6.54 Å². The summed E-state index contributed by atoms with van der Waals surface area (Å²) < 4.78 is 9.33. The van der Waals surface area contributed by atoms with Crippen LogP contribution in [0.1, 0.15) is 17.0 Å². The second kappa shape index (κ2) is 5.26. The van der Waals surface area contributed by atoms with Crippen LogP contribution in [0.5, 0.6) is 5.88 Å². The van der Waals surface area contributed by atoms with Crippen molar-refractivity contribution in [1.82, 2.24) is 19.6 Å². The molecule has 0 amide bonds. The molecule has 0 aliphatic carbocycles. The number of anilines is 1. The molecule has 18 heavy (non-hydrogen) atoms. The zero-order valence-electron chi connectivity index (χ0n) is 10.8. The topological polar surface area (TPSA) is 64.0 Å². The maximum atomic E-state index is 5.18. The summed E-state index contributed by atoms with van der Waals surface area (Å²) in [5, 5.41) is 10.1. The number of nitrogens with zero attached hydrogens (tertiary/aromatic N) is 5. The van der Waals surface area contributed by atoms with E-state index >= 15 is 0 Å². The van der Waals surface area contributed by atoms with Crippen LogP contribution < -0.4 is 9.64 Å². The van der Waals surface area contributed by atoms with E-state index in [1.165, 1.54) is 11.5 Å². The van der Waals surface area contributed by atoms with Gasteiger partial charge in [0.2, 0.25) is 11.8 Å². The molecule has 0 fully saturated rings. The third-order valence-electron chi connectivity index (χ3n) is 2.63. The predicted molar refractivity (Wildman–Crippen MR) is 70.1 cm³/mol. The molecule has 2 heterocycles. The number of hydrogen-bond donors (Lipinski definition) is 0. The molecule has 0 saturated heterocycles. The molecular weight excluding hydrogens is 250 g/mol. The van der Waals surface area contributed by atoms with E-state index in [0.29, 0.717) is 18.4 Å². The molecule has 6 nitrogen and oxygen atoms in total. The summed E-state index contributed by atoms with van der Waals surface area (Å²) in [6, 6.07) is 0. The van der Waals surface area contributed by atoms with Crippen LogP contribution >= 0.6 is 11.5 Å². The van der Waals surface area contributed by atoms with Gasteiger partial charge in [-0.2, -0.15) is 9.47 Å². The van der Waals surface area contributed by atoms with Crippen LogP contribution in [0, 0.1) is 13.8 Å². The molecule has 7 heteroatoms. The molecule has 0 aromatic carbocycles. The number of methoxy groups -OCH3 is 1. The van der Waals surface area contributed by atoms with Gasteiger partial charge in [0.1, 0.15) is 0 Å². The smallest absolute Gasteiger partial charge is 0.245 e. The molecule has 0 unspecified atom stereocenters. The van der Waals surface area contributed by atoms with Crippen molar-refractivity contribution in [2.24, 2.45) is 0 Å². The quantitative estimate of drug-likeness (QED) is 0.836. The summed E-state index contributed by atoms with van der Waals surface area (Å²) in [6.07, 6.45) is 0. The number of ether oxygens (including phenoxy) is 1. The van der Waals surface area contributed by atoms with Crippen LogP contribution in [0.3, 0.4) is 0 Å². The number of aryl methyl sites for hydroxylation is 2. The Kier molecular flexibility index (Phi) is 3.71. The number of aromatic nitrogens is 4. The van der Waals surface area contributed by atoms with Crippen molar-refractivity contribution in [2.75, 3.05) is 19.1 Å². The van der Waals surface area contributed by atoms with E-state index in [9.17, 15) is 0 Å². The summed E-state index contributed by atoms with van der Waals surface area (Å²) >= 11 is 1.38. The summed E-state index contributed by atoms with van der Waals surface area (Å²) in [6.45, 7) is 4.46. The van der Waals surface area contributed by atoms with Gasteiger partial charge < -0.3 is 9.64 Å². The van der Waals surface area contributed by atoms with Gasteiger partial charge in [-0.25, -0.2) is 4.98 Å². The first-order valence-corrected chi connectivity index (χ1v) is 6.31. The molecule has 0 aliphatic rings. The molecule has 2 aromatic rings. The van der Waals surface area contributed by atoms with Crippen LogP contribution in [0.4, 0.5) is 5.95 Å². The van der Waals surface area contributed by atoms with Gasteiger partial charge in [-0.3, -0.25) is 0 Å². The van der Waals surface area contributed by atoms with Crippen molar-refractivity contribution in [2.45, 2.75) is 20.4 Å². The minimum Gasteiger partial charge on any atom is -0.480 e. The Hall–Kier alpha value is -1.76. The number of rotatable bonds is 4. The Morgan fingerprint density at radius 2 is 2.06 bits per heavy atom. The van der Waals surface area contributed by atoms with Gasteiger partial charge in [0.15, 0.2) is 0 Å². The van der Waals surface area contributed by atoms with E-state index in [1.807, 2.05) is 31.2 Å². The highest BCUT2D eigenvalue weighted by Crippen LogP contribution is 2.21. The average Bonchev–Trinajstić information content (AvgIpc) is 2.79. The van der Waals surface area contributed by atoms with Gasteiger partial charge in [0, 0.05) is 18.0 Å². The molecule has 0 saturated carbocycles. The molecule has 96 valence electrons. The minimum atomic E-state index is 0.603. The lowest BCUT2D eigenvalue weighted by Gasteiger charge is -2.16. The molecule has 0 spiro atoms. The minimum absolute atomic E-state index is 0.603. The van der Waals surface area contributed by atoms with Gasteiger partial charge >= 0.3 is 0 Å². The SMILES string of the molecule is COc1nscc1CN(C)c1nnc(C)c(C)n1. The first-order chi connectivity index (χ1) is 8.61. The first-order valence-electron chi connectivity index (χ1n) is 5.48. The van der Waals surface area contributed by atoms with Crippen LogP contribution in [0.2, 0.25) is 0 Å². The Bertz CT molecular complexity index is 542. The van der Waals surface area contributed by atoms with Gasteiger partial charge in [-0.1, -0.05) is 0 Å². The Labute approximate surface area is 110 Å². The Morgan fingerprint density at radius 1 is 1.28 bits per heavy atom. The molecule has 0 N–H and O–H groups in total. The highest BCUT2D eigenvalue weighted by Gasteiger charge is 2.12. The van der Waals surface area contributed by atoms with E-state index in [-0.39, 0.29) is 0 Å². The third kappa shape index (κ3) is 2.56. The standard InChI is InChI=1S/C11H15N5OS/c1-7-8(2)13-14-11(12-7)16(3)5-9-6-18-15-10(9)17-4/h6H,5H2,1-4H3. The lowest BCUT2D eigenvalue weighted by atomic mass is 10.3. The van der Waals surface area contributed by atoms with Gasteiger partial charge in [0.05, 0.1) is 25.0 Å². The summed E-state index contributed by atoms with van der Waals surface area (Å²) in [5.74, 6) is 1.26. The van der Waals surface area contributed by atoms with E-state index in [2.05, 4.69) is 19.6 Å². The monoisotopic (exact) mass is 265 g/mol. The van der Waals surface area contributed by atoms with Crippen molar-refractivity contribution < 1.29 is 4.74 Å². The number of hydrogen-bond acceptors (Lipinski definition) is 7. The lowest BCUT2D eigenvalue weighted by Crippen LogP contribution is -2.20. The lowest BCUT2D eigenvalue weighted by molar-refractivity contribution is 0.397. The molecule has 0 radical (unpaired) electrons. The van der Waals surface area contributed by atoms with E-state index in [1.54, 1.807) is 7.11 Å². The second-order valence-corrected chi connectivity index (χ2v) is 4.62. The molecule has 2 aromatic heterocycles. The van der Waals surface area contributed by atoms with Crippen molar-refractivity contribution in [3.8, 4) is 5.88 Å². The van der Waals surface area contributed by atoms with Crippen LogP contribution in [0.25, 0.3) is 0 Å². The summed E-state index contributed by atoms with van der Waals surface area (Å²) in [4.78, 5) is 6.33. The van der Waals surface area contributed by atoms with Crippen LogP contribution in [0.15, 0.2) is 5.38 Å². The fraction of sp³-hybridized carbons (Fsp3) is 0.455. The Balaban J connectivity index is 2.16. The fourth-order valence-corrected chi connectivity index (χ4v) is 2.10. The fourth-order valence-electron chi connectivity index (χ4n) is 1.45. The zero-order valence-corrected chi connectivity index (χ0v) is 11.7. The van der Waals surface area contributed by atoms with Crippen molar-refractivity contribution in [3.63, 3.8) is 0 Å². The summed E-state index contributed by atoms with van der Waals surface area (Å²) in [5.41, 5.74) is 2.76. The molecule has 2 rings (SSSR count). The van der Waals surface area contributed by atoms with Crippen molar-refractivity contribution in [1.29, 1.82) is 0 Å². The third-order valence-corrected chi connectivity index (χ3v) is 3.29. The van der Waals surface area contributed by atoms with E-state index in [0.717, 1.165) is 17.0 Å². The van der Waals surface area contributed by atoms with E-state index < -0.39 is 0 Å². The zero-order chi connectivity index (χ0) is 13.1. The molecule has 0 bridgehead atoms. The van der Waals surface area contributed by atoms with E-state index in [4.69, 9.17) is 4.74 Å². The Morgan fingerprint density at radius 3 is 2.72 bits per heavy atom. The van der Waals surface area contributed by atoms with Crippen LogP contribution in [-0.4, -0.2) is 33.7 Å². The summed E-state index contributed by atoms with van der Waals surface area (Å²) in [7, 11) is 3.54. The highest BCUT2D eigenvalue weighted by molar-refractivity contribution is 7.03. The first kappa shape index (κ1) is 12.7.